The summed E-state index contributed by atoms with van der Waals surface area (Å²) in [5.41, 5.74) is 2.14. The van der Waals surface area contributed by atoms with Crippen LogP contribution in [0.1, 0.15) is 40.7 Å². The molecule has 1 aromatic heterocycles. The van der Waals surface area contributed by atoms with Gasteiger partial charge in [-0.1, -0.05) is 6.07 Å². The van der Waals surface area contributed by atoms with Gasteiger partial charge in [0.1, 0.15) is 0 Å². The number of esters is 1. The predicted octanol–water partition coefficient (Wildman–Crippen LogP) is 2.96. The molecule has 0 amide bonds. The lowest BCUT2D eigenvalue weighted by Crippen LogP contribution is -2.28. The topological polar surface area (TPSA) is 76.6 Å². The zero-order valence-electron chi connectivity index (χ0n) is 15.4. The Morgan fingerprint density at radius 1 is 1.15 bits per heavy atom. The molecule has 144 valence electrons. The quantitative estimate of drug-likeness (QED) is 0.538. The van der Waals surface area contributed by atoms with Gasteiger partial charge in [-0.05, 0) is 68.0 Å². The highest BCUT2D eigenvalue weighted by Gasteiger charge is 2.28. The number of rotatable bonds is 7. The summed E-state index contributed by atoms with van der Waals surface area (Å²) < 4.78 is 32.2. The summed E-state index contributed by atoms with van der Waals surface area (Å²) in [6.45, 7) is 3.12. The molecule has 0 atom stereocenters. The molecule has 27 heavy (non-hydrogen) atoms. The van der Waals surface area contributed by atoms with Crippen molar-refractivity contribution in [2.24, 2.45) is 0 Å². The molecule has 0 aliphatic carbocycles. The zero-order valence-corrected chi connectivity index (χ0v) is 16.2. The molecule has 1 fully saturated rings. The van der Waals surface area contributed by atoms with E-state index in [9.17, 15) is 13.2 Å². The standard InChI is InChI=1S/C20H24N2O4S/c1-16-6-7-18(27(24,25)22-12-2-3-13-22)15-19(16)20(23)26-14-4-5-17-8-10-21-11-9-17/h6-11,15H,2-5,12-14H2,1H3. The minimum atomic E-state index is -3.55. The average Bonchev–Trinajstić information content (AvgIpc) is 3.22. The first-order chi connectivity index (χ1) is 13.0. The molecule has 0 radical (unpaired) electrons. The van der Waals surface area contributed by atoms with Crippen LogP contribution in [0.2, 0.25) is 0 Å². The maximum Gasteiger partial charge on any atom is 0.338 e. The fraction of sp³-hybridized carbons (Fsp3) is 0.400. The van der Waals surface area contributed by atoms with E-state index in [1.54, 1.807) is 31.5 Å². The Kier molecular flexibility index (Phi) is 6.23. The van der Waals surface area contributed by atoms with Crippen LogP contribution in [0.25, 0.3) is 0 Å². The molecule has 0 unspecified atom stereocenters. The number of benzene rings is 1. The minimum absolute atomic E-state index is 0.152. The normalized spacial score (nSPS) is 15.0. The molecular formula is C20H24N2O4S. The first-order valence-corrected chi connectivity index (χ1v) is 10.6. The van der Waals surface area contributed by atoms with Crippen LogP contribution in [-0.2, 0) is 21.2 Å². The van der Waals surface area contributed by atoms with E-state index in [2.05, 4.69) is 4.98 Å². The molecule has 2 heterocycles. The van der Waals surface area contributed by atoms with E-state index in [4.69, 9.17) is 4.74 Å². The van der Waals surface area contributed by atoms with E-state index in [0.717, 1.165) is 24.8 Å². The highest BCUT2D eigenvalue weighted by molar-refractivity contribution is 7.89. The molecule has 0 N–H and O–H groups in total. The number of aromatic nitrogens is 1. The van der Waals surface area contributed by atoms with Crippen molar-refractivity contribution in [3.8, 4) is 0 Å². The highest BCUT2D eigenvalue weighted by atomic mass is 32.2. The third-order valence-corrected chi connectivity index (χ3v) is 6.62. The number of carbonyl (C=O) groups is 1. The molecule has 1 aliphatic rings. The third kappa shape index (κ3) is 4.73. The van der Waals surface area contributed by atoms with Gasteiger partial charge in [0.05, 0.1) is 17.1 Å². The zero-order chi connectivity index (χ0) is 19.3. The van der Waals surface area contributed by atoms with Crippen LogP contribution in [-0.4, -0.2) is 43.4 Å². The summed E-state index contributed by atoms with van der Waals surface area (Å²) in [4.78, 5) is 16.6. The summed E-state index contributed by atoms with van der Waals surface area (Å²) in [5, 5.41) is 0. The van der Waals surface area contributed by atoms with Crippen LogP contribution in [0.15, 0.2) is 47.6 Å². The Hall–Kier alpha value is -2.25. The molecule has 0 saturated carbocycles. The van der Waals surface area contributed by atoms with E-state index in [0.29, 0.717) is 30.6 Å². The Bertz CT molecular complexity index is 891. The fourth-order valence-corrected chi connectivity index (χ4v) is 4.67. The number of nitrogens with zero attached hydrogens (tertiary/aromatic N) is 2. The molecule has 7 heteroatoms. The second-order valence-corrected chi connectivity index (χ2v) is 8.62. The maximum absolute atomic E-state index is 12.7. The molecule has 1 saturated heterocycles. The molecule has 2 aromatic rings. The maximum atomic E-state index is 12.7. The van der Waals surface area contributed by atoms with Gasteiger partial charge in [-0.15, -0.1) is 0 Å². The van der Waals surface area contributed by atoms with Gasteiger partial charge in [0.25, 0.3) is 0 Å². The summed E-state index contributed by atoms with van der Waals surface area (Å²) in [6, 6.07) is 8.52. The van der Waals surface area contributed by atoms with Crippen molar-refractivity contribution in [1.82, 2.24) is 9.29 Å². The number of sulfonamides is 1. The van der Waals surface area contributed by atoms with Crippen molar-refractivity contribution in [1.29, 1.82) is 0 Å². The van der Waals surface area contributed by atoms with Crippen LogP contribution in [0, 0.1) is 6.92 Å². The molecule has 3 rings (SSSR count). The highest BCUT2D eigenvalue weighted by Crippen LogP contribution is 2.23. The van der Waals surface area contributed by atoms with Crippen molar-refractivity contribution >= 4 is 16.0 Å². The first kappa shape index (κ1) is 19.5. The van der Waals surface area contributed by atoms with Crippen LogP contribution < -0.4 is 0 Å². The summed E-state index contributed by atoms with van der Waals surface area (Å²) in [6.07, 6.45) is 6.70. The lowest BCUT2D eigenvalue weighted by molar-refractivity contribution is 0.0499. The number of ether oxygens (including phenoxy) is 1. The number of pyridine rings is 1. The lowest BCUT2D eigenvalue weighted by atomic mass is 10.1. The third-order valence-electron chi connectivity index (χ3n) is 4.72. The van der Waals surface area contributed by atoms with E-state index in [1.165, 1.54) is 10.4 Å². The van der Waals surface area contributed by atoms with Gasteiger partial charge in [0.2, 0.25) is 10.0 Å². The minimum Gasteiger partial charge on any atom is -0.462 e. The average molecular weight is 388 g/mol. The molecular weight excluding hydrogens is 364 g/mol. The summed E-state index contributed by atoms with van der Waals surface area (Å²) >= 11 is 0. The lowest BCUT2D eigenvalue weighted by Gasteiger charge is -2.16. The van der Waals surface area contributed by atoms with Crippen LogP contribution in [0.5, 0.6) is 0 Å². The van der Waals surface area contributed by atoms with Gasteiger partial charge >= 0.3 is 5.97 Å². The van der Waals surface area contributed by atoms with Crippen molar-refractivity contribution in [3.63, 3.8) is 0 Å². The van der Waals surface area contributed by atoms with Gasteiger partial charge < -0.3 is 4.74 Å². The van der Waals surface area contributed by atoms with Gasteiger partial charge in [-0.2, -0.15) is 4.31 Å². The smallest absolute Gasteiger partial charge is 0.338 e. The van der Waals surface area contributed by atoms with Gasteiger partial charge in [-0.3, -0.25) is 4.98 Å². The van der Waals surface area contributed by atoms with Crippen molar-refractivity contribution in [2.75, 3.05) is 19.7 Å². The van der Waals surface area contributed by atoms with E-state index < -0.39 is 16.0 Å². The summed E-state index contributed by atoms with van der Waals surface area (Å²) in [5.74, 6) is -0.485. The van der Waals surface area contributed by atoms with E-state index in [1.807, 2.05) is 12.1 Å². The molecule has 1 aromatic carbocycles. The van der Waals surface area contributed by atoms with E-state index in [-0.39, 0.29) is 11.5 Å². The monoisotopic (exact) mass is 388 g/mol. The van der Waals surface area contributed by atoms with Gasteiger partial charge in [0.15, 0.2) is 0 Å². The number of hydrogen-bond acceptors (Lipinski definition) is 5. The summed E-state index contributed by atoms with van der Waals surface area (Å²) in [7, 11) is -3.55. The molecule has 0 bridgehead atoms. The molecule has 1 aliphatic heterocycles. The van der Waals surface area contributed by atoms with Gasteiger partial charge in [-0.25, -0.2) is 13.2 Å². The van der Waals surface area contributed by atoms with Crippen molar-refractivity contribution in [3.05, 3.63) is 59.4 Å². The van der Waals surface area contributed by atoms with E-state index >= 15 is 0 Å². The largest absolute Gasteiger partial charge is 0.462 e. The number of carbonyl (C=O) groups excluding carboxylic acids is 1. The second kappa shape index (κ2) is 8.63. The molecule has 0 spiro atoms. The number of hydrogen-bond donors (Lipinski definition) is 0. The Balaban J connectivity index is 1.64. The number of aryl methyl sites for hydroxylation is 2. The van der Waals surface area contributed by atoms with Crippen LogP contribution in [0.3, 0.4) is 0 Å². The Morgan fingerprint density at radius 2 is 1.85 bits per heavy atom. The van der Waals surface area contributed by atoms with Crippen molar-refractivity contribution < 1.29 is 17.9 Å². The SMILES string of the molecule is Cc1ccc(S(=O)(=O)N2CCCC2)cc1C(=O)OCCCc1ccncc1. The van der Waals surface area contributed by atoms with Crippen LogP contribution in [0.4, 0.5) is 0 Å². The Morgan fingerprint density at radius 3 is 2.56 bits per heavy atom. The van der Waals surface area contributed by atoms with Gasteiger partial charge in [0, 0.05) is 25.5 Å². The Labute approximate surface area is 160 Å². The predicted molar refractivity (Wildman–Crippen MR) is 102 cm³/mol. The van der Waals surface area contributed by atoms with Crippen molar-refractivity contribution in [2.45, 2.75) is 37.5 Å². The molecule has 6 nitrogen and oxygen atoms in total. The first-order valence-electron chi connectivity index (χ1n) is 9.15. The second-order valence-electron chi connectivity index (χ2n) is 6.68. The van der Waals surface area contributed by atoms with Crippen LogP contribution >= 0.6 is 0 Å². The fourth-order valence-electron chi connectivity index (χ4n) is 3.13.